The molecule has 2 atom stereocenters. The summed E-state index contributed by atoms with van der Waals surface area (Å²) in [5.74, 6) is 0.613. The maximum atomic E-state index is 9.13. The fourth-order valence-electron chi connectivity index (χ4n) is 3.11. The Balaban J connectivity index is 1.87. The third kappa shape index (κ3) is 4.31. The van der Waals surface area contributed by atoms with Crippen LogP contribution < -0.4 is 5.32 Å². The van der Waals surface area contributed by atoms with Gasteiger partial charge in [-0.05, 0) is 69.5 Å². The number of thiophene rings is 1. The molecule has 114 valence electrons. The fourth-order valence-corrected chi connectivity index (χ4v) is 4.39. The zero-order valence-corrected chi connectivity index (χ0v) is 13.8. The Labute approximate surface area is 127 Å². The summed E-state index contributed by atoms with van der Waals surface area (Å²) in [5, 5.41) is 12.8. The molecule has 2 N–H and O–H groups in total. The molecule has 0 fully saturated rings. The van der Waals surface area contributed by atoms with E-state index >= 15 is 0 Å². The molecule has 20 heavy (non-hydrogen) atoms. The number of hydrogen-bond acceptors (Lipinski definition) is 3. The van der Waals surface area contributed by atoms with Gasteiger partial charge in [-0.3, -0.25) is 0 Å². The lowest BCUT2D eigenvalue weighted by atomic mass is 9.98. The number of nitrogens with one attached hydrogen (secondary N) is 1. The van der Waals surface area contributed by atoms with Crippen LogP contribution in [0.3, 0.4) is 0 Å². The quantitative estimate of drug-likeness (QED) is 0.757. The summed E-state index contributed by atoms with van der Waals surface area (Å²) in [6.45, 7) is 5.84. The standard InChI is InChI=1S/C17H29NOS/c1-3-6-14(9-10-19)12-18-13(2)17-11-15-7-4-5-8-16(15)20-17/h11,13-14,18-19H,3-10,12H2,1-2H3. The van der Waals surface area contributed by atoms with Gasteiger partial charge in [0.1, 0.15) is 0 Å². The predicted molar refractivity (Wildman–Crippen MR) is 87.5 cm³/mol. The SMILES string of the molecule is CCCC(CCO)CNC(C)c1cc2c(s1)CCCC2. The summed E-state index contributed by atoms with van der Waals surface area (Å²) in [6, 6.07) is 2.88. The van der Waals surface area contributed by atoms with E-state index in [2.05, 4.69) is 25.2 Å². The van der Waals surface area contributed by atoms with Crippen LogP contribution >= 0.6 is 11.3 Å². The Morgan fingerprint density at radius 3 is 2.80 bits per heavy atom. The van der Waals surface area contributed by atoms with Crippen LogP contribution in [0.25, 0.3) is 0 Å². The van der Waals surface area contributed by atoms with Crippen LogP contribution in [-0.2, 0) is 12.8 Å². The summed E-state index contributed by atoms with van der Waals surface area (Å²) < 4.78 is 0. The average molecular weight is 295 g/mol. The topological polar surface area (TPSA) is 32.3 Å². The molecule has 1 heterocycles. The minimum atomic E-state index is 0.314. The number of rotatable bonds is 8. The molecule has 0 saturated heterocycles. The second kappa shape index (κ2) is 8.16. The van der Waals surface area contributed by atoms with Crippen LogP contribution in [0.4, 0.5) is 0 Å². The first kappa shape index (κ1) is 16.0. The lowest BCUT2D eigenvalue weighted by Gasteiger charge is -2.19. The van der Waals surface area contributed by atoms with Gasteiger partial charge in [0, 0.05) is 22.4 Å². The molecule has 2 rings (SSSR count). The van der Waals surface area contributed by atoms with Crippen LogP contribution in [0.15, 0.2) is 6.07 Å². The lowest BCUT2D eigenvalue weighted by Crippen LogP contribution is -2.26. The van der Waals surface area contributed by atoms with Crippen molar-refractivity contribution >= 4 is 11.3 Å². The second-order valence-corrected chi connectivity index (χ2v) is 7.27. The van der Waals surface area contributed by atoms with E-state index in [0.717, 1.165) is 13.0 Å². The zero-order chi connectivity index (χ0) is 14.4. The van der Waals surface area contributed by atoms with Gasteiger partial charge in [-0.2, -0.15) is 0 Å². The number of fused-ring (bicyclic) bond motifs is 1. The molecular formula is C17H29NOS. The zero-order valence-electron chi connectivity index (χ0n) is 13.0. The van der Waals surface area contributed by atoms with Gasteiger partial charge in [0.25, 0.3) is 0 Å². The van der Waals surface area contributed by atoms with E-state index in [-0.39, 0.29) is 0 Å². The molecule has 2 nitrogen and oxygen atoms in total. The first-order chi connectivity index (χ1) is 9.74. The van der Waals surface area contributed by atoms with Crippen LogP contribution in [0.5, 0.6) is 0 Å². The minimum absolute atomic E-state index is 0.314. The summed E-state index contributed by atoms with van der Waals surface area (Å²) in [4.78, 5) is 3.12. The van der Waals surface area contributed by atoms with Crippen molar-refractivity contribution < 1.29 is 5.11 Å². The van der Waals surface area contributed by atoms with Crippen LogP contribution in [-0.4, -0.2) is 18.3 Å². The summed E-state index contributed by atoms with van der Waals surface area (Å²) >= 11 is 2.01. The molecule has 1 aromatic rings. The lowest BCUT2D eigenvalue weighted by molar-refractivity contribution is 0.246. The van der Waals surface area contributed by atoms with Gasteiger partial charge in [0.15, 0.2) is 0 Å². The van der Waals surface area contributed by atoms with Gasteiger partial charge in [0.2, 0.25) is 0 Å². The first-order valence-corrected chi connectivity index (χ1v) is 9.02. The van der Waals surface area contributed by atoms with Crippen molar-refractivity contribution in [3.63, 3.8) is 0 Å². The van der Waals surface area contributed by atoms with Crippen molar-refractivity contribution in [1.82, 2.24) is 5.32 Å². The molecule has 1 aliphatic rings. The molecule has 3 heteroatoms. The number of aliphatic hydroxyl groups is 1. The maximum Gasteiger partial charge on any atom is 0.0434 e. The van der Waals surface area contributed by atoms with Gasteiger partial charge < -0.3 is 10.4 Å². The molecule has 0 aliphatic heterocycles. The van der Waals surface area contributed by atoms with Crippen molar-refractivity contribution in [3.8, 4) is 0 Å². The Hall–Kier alpha value is -0.380. The van der Waals surface area contributed by atoms with Gasteiger partial charge in [-0.1, -0.05) is 13.3 Å². The minimum Gasteiger partial charge on any atom is -0.396 e. The maximum absolute atomic E-state index is 9.13. The van der Waals surface area contributed by atoms with Crippen LogP contribution in [0.1, 0.15) is 67.3 Å². The van der Waals surface area contributed by atoms with E-state index in [4.69, 9.17) is 5.11 Å². The summed E-state index contributed by atoms with van der Waals surface area (Å²) in [7, 11) is 0. The van der Waals surface area contributed by atoms with Gasteiger partial charge in [-0.25, -0.2) is 0 Å². The molecule has 0 aromatic carbocycles. The fraction of sp³-hybridized carbons (Fsp3) is 0.765. The summed E-state index contributed by atoms with van der Waals surface area (Å²) in [6.07, 6.45) is 8.63. The third-order valence-corrected chi connectivity index (χ3v) is 5.81. The number of hydrogen-bond donors (Lipinski definition) is 2. The van der Waals surface area contributed by atoms with E-state index in [0.29, 0.717) is 18.6 Å². The Bertz CT molecular complexity index is 372. The van der Waals surface area contributed by atoms with Gasteiger partial charge >= 0.3 is 0 Å². The molecule has 0 spiro atoms. The molecule has 0 radical (unpaired) electrons. The monoisotopic (exact) mass is 295 g/mol. The Morgan fingerprint density at radius 2 is 2.10 bits per heavy atom. The normalized spacial score (nSPS) is 17.8. The average Bonchev–Trinajstić information content (AvgIpc) is 2.89. The van der Waals surface area contributed by atoms with E-state index in [9.17, 15) is 0 Å². The molecule has 1 aliphatic carbocycles. The highest BCUT2D eigenvalue weighted by Crippen LogP contribution is 2.32. The van der Waals surface area contributed by atoms with Crippen molar-refractivity contribution in [2.75, 3.05) is 13.2 Å². The molecular weight excluding hydrogens is 266 g/mol. The third-order valence-electron chi connectivity index (χ3n) is 4.39. The molecule has 0 saturated carbocycles. The van der Waals surface area contributed by atoms with Crippen molar-refractivity contribution in [2.24, 2.45) is 5.92 Å². The molecule has 1 aromatic heterocycles. The Morgan fingerprint density at radius 1 is 1.30 bits per heavy atom. The van der Waals surface area contributed by atoms with E-state index in [1.54, 1.807) is 10.4 Å². The summed E-state index contributed by atoms with van der Waals surface area (Å²) in [5.41, 5.74) is 1.60. The van der Waals surface area contributed by atoms with Crippen molar-refractivity contribution in [2.45, 2.75) is 64.8 Å². The number of aliphatic hydroxyl groups excluding tert-OH is 1. The van der Waals surface area contributed by atoms with Gasteiger partial charge in [-0.15, -0.1) is 11.3 Å². The van der Waals surface area contributed by atoms with E-state index in [1.165, 1.54) is 43.4 Å². The van der Waals surface area contributed by atoms with Crippen molar-refractivity contribution in [1.29, 1.82) is 0 Å². The van der Waals surface area contributed by atoms with Crippen molar-refractivity contribution in [3.05, 3.63) is 21.4 Å². The highest BCUT2D eigenvalue weighted by molar-refractivity contribution is 7.12. The largest absolute Gasteiger partial charge is 0.396 e. The Kier molecular flexibility index (Phi) is 6.53. The molecule has 0 amide bonds. The molecule has 0 bridgehead atoms. The van der Waals surface area contributed by atoms with E-state index < -0.39 is 0 Å². The van der Waals surface area contributed by atoms with Crippen LogP contribution in [0, 0.1) is 5.92 Å². The predicted octanol–water partition coefficient (Wildman–Crippen LogP) is 4.08. The molecule has 2 unspecified atom stereocenters. The second-order valence-electron chi connectivity index (χ2n) is 6.10. The highest BCUT2D eigenvalue weighted by Gasteiger charge is 2.17. The van der Waals surface area contributed by atoms with Gasteiger partial charge in [0.05, 0.1) is 0 Å². The van der Waals surface area contributed by atoms with Crippen LogP contribution in [0.2, 0.25) is 0 Å². The highest BCUT2D eigenvalue weighted by atomic mass is 32.1. The first-order valence-electron chi connectivity index (χ1n) is 8.20. The van der Waals surface area contributed by atoms with E-state index in [1.807, 2.05) is 11.3 Å². The number of aryl methyl sites for hydroxylation is 2. The smallest absolute Gasteiger partial charge is 0.0434 e.